The standard InChI is InChI=1S/C18H17N3O4/c1-4-24-15(22)12-9(2)21(3)16(23)18(12)11-8-6-5-7-10(11)13-14(18)20-17(19)25-13/h5-8H,4H2,1-3H3,(H2,19,20)/t18-/m1/s1. The SMILES string of the molecule is CCOC(=O)C1=C(C)N(C)C(=O)[C@]12c1ccccc1-c1oc(N)nc12. The van der Waals surface area contributed by atoms with E-state index in [0.717, 1.165) is 0 Å². The molecule has 128 valence electrons. The van der Waals surface area contributed by atoms with Crippen molar-refractivity contribution in [2.24, 2.45) is 0 Å². The fourth-order valence-corrected chi connectivity index (χ4v) is 3.83. The molecule has 1 aliphatic heterocycles. The second-order valence-corrected chi connectivity index (χ2v) is 6.07. The molecule has 4 rings (SSSR count). The number of esters is 1. The maximum Gasteiger partial charge on any atom is 0.337 e. The van der Waals surface area contributed by atoms with Gasteiger partial charge in [0.1, 0.15) is 5.69 Å². The number of nitrogens with zero attached hydrogens (tertiary/aromatic N) is 2. The Morgan fingerprint density at radius 3 is 2.84 bits per heavy atom. The number of hydrogen-bond donors (Lipinski definition) is 1. The number of ether oxygens (including phenoxy) is 1. The van der Waals surface area contributed by atoms with Crippen LogP contribution in [0.2, 0.25) is 0 Å². The molecule has 0 saturated carbocycles. The Balaban J connectivity index is 2.11. The molecule has 0 saturated heterocycles. The van der Waals surface area contributed by atoms with E-state index in [2.05, 4.69) is 4.98 Å². The maximum absolute atomic E-state index is 13.3. The van der Waals surface area contributed by atoms with Crippen molar-refractivity contribution in [3.63, 3.8) is 0 Å². The number of carbonyl (C=O) groups excluding carboxylic acids is 2. The van der Waals surface area contributed by atoms with E-state index < -0.39 is 11.4 Å². The Hall–Kier alpha value is -3.09. The largest absolute Gasteiger partial charge is 0.463 e. The zero-order valence-corrected chi connectivity index (χ0v) is 14.1. The van der Waals surface area contributed by atoms with Gasteiger partial charge < -0.3 is 19.8 Å². The number of carbonyl (C=O) groups is 2. The van der Waals surface area contributed by atoms with Crippen LogP contribution >= 0.6 is 0 Å². The Labute approximate surface area is 144 Å². The van der Waals surface area contributed by atoms with Crippen molar-refractivity contribution in [2.45, 2.75) is 19.3 Å². The molecule has 1 atom stereocenters. The van der Waals surface area contributed by atoms with Gasteiger partial charge >= 0.3 is 5.97 Å². The third-order valence-electron chi connectivity index (χ3n) is 4.92. The molecule has 0 radical (unpaired) electrons. The summed E-state index contributed by atoms with van der Waals surface area (Å²) in [6, 6.07) is 7.26. The maximum atomic E-state index is 13.3. The predicted molar refractivity (Wildman–Crippen MR) is 89.2 cm³/mol. The summed E-state index contributed by atoms with van der Waals surface area (Å²) in [6.45, 7) is 3.66. The van der Waals surface area contributed by atoms with Crippen LogP contribution < -0.4 is 5.73 Å². The highest BCUT2D eigenvalue weighted by Gasteiger charge is 2.63. The van der Waals surface area contributed by atoms with Gasteiger partial charge in [0.2, 0.25) is 5.91 Å². The molecular formula is C18H17N3O4. The van der Waals surface area contributed by atoms with Crippen molar-refractivity contribution < 1.29 is 18.7 Å². The smallest absolute Gasteiger partial charge is 0.337 e. The van der Waals surface area contributed by atoms with E-state index >= 15 is 0 Å². The molecule has 1 amide bonds. The quantitative estimate of drug-likeness (QED) is 0.838. The summed E-state index contributed by atoms with van der Waals surface area (Å²) in [7, 11) is 1.63. The van der Waals surface area contributed by atoms with Crippen LogP contribution in [0.15, 0.2) is 40.0 Å². The number of oxazole rings is 1. The number of nitrogen functional groups attached to an aromatic ring is 1. The van der Waals surface area contributed by atoms with E-state index in [1.54, 1.807) is 20.9 Å². The van der Waals surface area contributed by atoms with Gasteiger partial charge in [-0.2, -0.15) is 4.98 Å². The van der Waals surface area contributed by atoms with Crippen LogP contribution in [0.25, 0.3) is 11.3 Å². The molecule has 7 heteroatoms. The number of fused-ring (bicyclic) bond motifs is 5. The van der Waals surface area contributed by atoms with Crippen LogP contribution in [-0.4, -0.2) is 35.4 Å². The van der Waals surface area contributed by atoms with Crippen molar-refractivity contribution in [3.8, 4) is 11.3 Å². The predicted octanol–water partition coefficient (Wildman–Crippen LogP) is 1.83. The fraction of sp³-hybridized carbons (Fsp3) is 0.278. The highest BCUT2D eigenvalue weighted by Crippen LogP contribution is 2.57. The van der Waals surface area contributed by atoms with Crippen molar-refractivity contribution in [1.82, 2.24) is 9.88 Å². The van der Waals surface area contributed by atoms with Gasteiger partial charge in [-0.05, 0) is 19.4 Å². The van der Waals surface area contributed by atoms with Gasteiger partial charge in [0.25, 0.3) is 6.01 Å². The lowest BCUT2D eigenvalue weighted by atomic mass is 9.74. The highest BCUT2D eigenvalue weighted by molar-refractivity contribution is 6.14. The lowest BCUT2D eigenvalue weighted by molar-refractivity contribution is -0.140. The molecule has 25 heavy (non-hydrogen) atoms. The van der Waals surface area contributed by atoms with Crippen LogP contribution in [-0.2, 0) is 19.7 Å². The number of likely N-dealkylation sites (N-methyl/N-ethyl adjacent to an activating group) is 1. The van der Waals surface area contributed by atoms with Crippen LogP contribution in [0.5, 0.6) is 0 Å². The number of hydrogen-bond acceptors (Lipinski definition) is 6. The summed E-state index contributed by atoms with van der Waals surface area (Å²) in [5.74, 6) is -0.388. The second-order valence-electron chi connectivity index (χ2n) is 6.07. The van der Waals surface area contributed by atoms with Gasteiger partial charge in [0.15, 0.2) is 11.2 Å². The number of benzene rings is 1. The summed E-state index contributed by atoms with van der Waals surface area (Å²) in [5.41, 5.74) is 6.90. The van der Waals surface area contributed by atoms with Gasteiger partial charge in [0, 0.05) is 18.3 Å². The van der Waals surface area contributed by atoms with Gasteiger partial charge in [-0.1, -0.05) is 24.3 Å². The van der Waals surface area contributed by atoms with Crippen LogP contribution in [0, 0.1) is 0 Å². The Morgan fingerprint density at radius 1 is 1.40 bits per heavy atom. The Kier molecular flexibility index (Phi) is 3.06. The van der Waals surface area contributed by atoms with Crippen LogP contribution in [0.1, 0.15) is 25.1 Å². The molecule has 2 heterocycles. The first-order valence-corrected chi connectivity index (χ1v) is 7.97. The number of allylic oxidation sites excluding steroid dienone is 1. The third-order valence-corrected chi connectivity index (χ3v) is 4.92. The lowest BCUT2D eigenvalue weighted by Crippen LogP contribution is -2.41. The zero-order valence-electron chi connectivity index (χ0n) is 14.1. The first-order chi connectivity index (χ1) is 11.9. The zero-order chi connectivity index (χ0) is 17.9. The molecule has 2 aromatic rings. The summed E-state index contributed by atoms with van der Waals surface area (Å²) in [5, 5.41) is 0. The molecule has 1 spiro atoms. The molecule has 1 aliphatic carbocycles. The molecule has 2 N–H and O–H groups in total. The molecule has 1 aromatic carbocycles. The summed E-state index contributed by atoms with van der Waals surface area (Å²) >= 11 is 0. The molecule has 0 unspecified atom stereocenters. The minimum atomic E-state index is -1.38. The third kappa shape index (κ3) is 1.67. The van der Waals surface area contributed by atoms with E-state index in [-0.39, 0.29) is 24.1 Å². The molecule has 7 nitrogen and oxygen atoms in total. The number of anilines is 1. The van der Waals surface area contributed by atoms with Gasteiger partial charge in [-0.15, -0.1) is 0 Å². The van der Waals surface area contributed by atoms with E-state index in [4.69, 9.17) is 14.9 Å². The molecular weight excluding hydrogens is 322 g/mol. The average molecular weight is 339 g/mol. The molecule has 0 bridgehead atoms. The van der Waals surface area contributed by atoms with Crippen LogP contribution in [0.4, 0.5) is 6.01 Å². The van der Waals surface area contributed by atoms with E-state index in [1.807, 2.05) is 24.3 Å². The van der Waals surface area contributed by atoms with Gasteiger partial charge in [-0.3, -0.25) is 4.79 Å². The molecule has 2 aliphatic rings. The number of nitrogens with two attached hydrogens (primary N) is 1. The van der Waals surface area contributed by atoms with Crippen molar-refractivity contribution in [2.75, 3.05) is 19.4 Å². The van der Waals surface area contributed by atoms with Gasteiger partial charge in [-0.25, -0.2) is 4.79 Å². The summed E-state index contributed by atoms with van der Waals surface area (Å²) in [6.07, 6.45) is 0. The number of rotatable bonds is 2. The Morgan fingerprint density at radius 2 is 2.12 bits per heavy atom. The first kappa shape index (κ1) is 15.4. The topological polar surface area (TPSA) is 98.7 Å². The van der Waals surface area contributed by atoms with E-state index in [1.165, 1.54) is 4.90 Å². The van der Waals surface area contributed by atoms with Crippen molar-refractivity contribution in [1.29, 1.82) is 0 Å². The van der Waals surface area contributed by atoms with E-state index in [9.17, 15) is 9.59 Å². The second kappa shape index (κ2) is 4.95. The first-order valence-electron chi connectivity index (χ1n) is 7.97. The van der Waals surface area contributed by atoms with E-state index in [0.29, 0.717) is 28.3 Å². The average Bonchev–Trinajstić information content (AvgIpc) is 3.15. The van der Waals surface area contributed by atoms with Crippen LogP contribution in [0.3, 0.4) is 0 Å². The van der Waals surface area contributed by atoms with Gasteiger partial charge in [0.05, 0.1) is 12.2 Å². The summed E-state index contributed by atoms with van der Waals surface area (Å²) in [4.78, 5) is 31.9. The fourth-order valence-electron chi connectivity index (χ4n) is 3.83. The monoisotopic (exact) mass is 339 g/mol. The number of amides is 1. The Bertz CT molecular complexity index is 959. The highest BCUT2D eigenvalue weighted by atomic mass is 16.5. The molecule has 1 aromatic heterocycles. The lowest BCUT2D eigenvalue weighted by Gasteiger charge is -2.25. The normalized spacial score (nSPS) is 21.1. The van der Waals surface area contributed by atoms with Crippen molar-refractivity contribution >= 4 is 17.9 Å². The summed E-state index contributed by atoms with van der Waals surface area (Å²) < 4.78 is 10.8. The minimum Gasteiger partial charge on any atom is -0.463 e. The van der Waals surface area contributed by atoms with Crippen molar-refractivity contribution in [3.05, 3.63) is 46.8 Å². The minimum absolute atomic E-state index is 0.0397. The number of aromatic nitrogens is 1. The molecule has 0 fully saturated rings.